The number of benzene rings is 1. The predicted molar refractivity (Wildman–Crippen MR) is 111 cm³/mol. The van der Waals surface area contributed by atoms with E-state index in [1.165, 1.54) is 36.2 Å². The van der Waals surface area contributed by atoms with Crippen molar-refractivity contribution >= 4 is 39.1 Å². The van der Waals surface area contributed by atoms with Crippen molar-refractivity contribution in [3.63, 3.8) is 0 Å². The van der Waals surface area contributed by atoms with Crippen molar-refractivity contribution in [2.75, 3.05) is 17.6 Å². The molecule has 0 radical (unpaired) electrons. The molecule has 1 aliphatic heterocycles. The first-order valence-electron chi connectivity index (χ1n) is 9.61. The van der Waals surface area contributed by atoms with Crippen molar-refractivity contribution in [2.45, 2.75) is 60.5 Å². The van der Waals surface area contributed by atoms with E-state index in [2.05, 4.69) is 16.7 Å². The quantitative estimate of drug-likeness (QED) is 0.658. The molecule has 1 aliphatic carbocycles. The molecule has 0 aromatic heterocycles. The molecule has 1 heterocycles. The lowest BCUT2D eigenvalue weighted by Gasteiger charge is -2.19. The monoisotopic (exact) mass is 422 g/mol. The van der Waals surface area contributed by atoms with E-state index in [0.29, 0.717) is 18.0 Å². The average molecular weight is 423 g/mol. The standard InChI is InChI=1S/C20H26N2O4S2/c1-14(11-19(23)21-10-9-15-5-3-2-4-6-15)28(25,26)16-7-8-18-17(12-16)22-20(24)13-27-18/h5,7-8,12,14H,2-4,6,9-11,13H2,1H3,(H,21,23)(H,22,24). The van der Waals surface area contributed by atoms with E-state index in [-0.39, 0.29) is 23.1 Å². The third-order valence-electron chi connectivity index (χ3n) is 5.07. The molecule has 8 heteroatoms. The summed E-state index contributed by atoms with van der Waals surface area (Å²) in [4.78, 5) is 24.7. The van der Waals surface area contributed by atoms with Crippen LogP contribution in [0.1, 0.15) is 45.4 Å². The van der Waals surface area contributed by atoms with Crippen molar-refractivity contribution in [1.29, 1.82) is 0 Å². The van der Waals surface area contributed by atoms with Gasteiger partial charge in [-0.15, -0.1) is 11.8 Å². The molecule has 0 fully saturated rings. The van der Waals surface area contributed by atoms with Crippen LogP contribution in [0.2, 0.25) is 0 Å². The molecular weight excluding hydrogens is 396 g/mol. The summed E-state index contributed by atoms with van der Waals surface area (Å²) in [5.74, 6) is -0.0751. The summed E-state index contributed by atoms with van der Waals surface area (Å²) < 4.78 is 25.7. The lowest BCUT2D eigenvalue weighted by atomic mass is 9.97. The molecule has 1 aromatic carbocycles. The highest BCUT2D eigenvalue weighted by Gasteiger charge is 2.27. The minimum absolute atomic E-state index is 0.0838. The Morgan fingerprint density at radius 3 is 2.89 bits per heavy atom. The topological polar surface area (TPSA) is 92.3 Å². The van der Waals surface area contributed by atoms with Gasteiger partial charge in [-0.05, 0) is 57.2 Å². The summed E-state index contributed by atoms with van der Waals surface area (Å²) in [6.45, 7) is 2.09. The van der Waals surface area contributed by atoms with Crippen LogP contribution < -0.4 is 10.6 Å². The van der Waals surface area contributed by atoms with Gasteiger partial charge < -0.3 is 10.6 Å². The first kappa shape index (κ1) is 20.9. The van der Waals surface area contributed by atoms with Gasteiger partial charge in [0.1, 0.15) is 0 Å². The zero-order valence-corrected chi connectivity index (χ0v) is 17.6. The maximum Gasteiger partial charge on any atom is 0.234 e. The van der Waals surface area contributed by atoms with E-state index in [1.807, 2.05) is 0 Å². The smallest absolute Gasteiger partial charge is 0.234 e. The highest BCUT2D eigenvalue weighted by Crippen LogP contribution is 2.34. The number of rotatable bonds is 7. The molecular formula is C20H26N2O4S2. The zero-order valence-electron chi connectivity index (χ0n) is 16.0. The Labute approximate surface area is 170 Å². The number of carbonyl (C=O) groups excluding carboxylic acids is 2. The molecule has 3 rings (SSSR count). The molecule has 1 unspecified atom stereocenters. The molecule has 0 saturated heterocycles. The van der Waals surface area contributed by atoms with Crippen LogP contribution >= 0.6 is 11.8 Å². The van der Waals surface area contributed by atoms with E-state index in [9.17, 15) is 18.0 Å². The van der Waals surface area contributed by atoms with Gasteiger partial charge in [0.2, 0.25) is 11.8 Å². The molecule has 0 bridgehead atoms. The Morgan fingerprint density at radius 2 is 2.14 bits per heavy atom. The van der Waals surface area contributed by atoms with Gasteiger partial charge in [0.15, 0.2) is 9.84 Å². The van der Waals surface area contributed by atoms with Gasteiger partial charge in [-0.2, -0.15) is 0 Å². The minimum atomic E-state index is -3.66. The molecule has 0 saturated carbocycles. The summed E-state index contributed by atoms with van der Waals surface area (Å²) in [7, 11) is -3.66. The Kier molecular flexibility index (Phi) is 6.82. The van der Waals surface area contributed by atoms with E-state index in [0.717, 1.165) is 24.2 Å². The molecule has 1 atom stereocenters. The summed E-state index contributed by atoms with van der Waals surface area (Å²) in [6, 6.07) is 4.73. The maximum absolute atomic E-state index is 12.8. The van der Waals surface area contributed by atoms with Gasteiger partial charge in [0.25, 0.3) is 0 Å². The Balaban J connectivity index is 1.57. The lowest BCUT2D eigenvalue weighted by Crippen LogP contribution is -2.31. The van der Waals surface area contributed by atoms with Crippen molar-refractivity contribution in [3.05, 3.63) is 29.8 Å². The molecule has 6 nitrogen and oxygen atoms in total. The number of thioether (sulfide) groups is 1. The Morgan fingerprint density at radius 1 is 1.32 bits per heavy atom. The second kappa shape index (κ2) is 9.13. The van der Waals surface area contributed by atoms with Gasteiger partial charge in [0.05, 0.1) is 21.6 Å². The summed E-state index contributed by atoms with van der Waals surface area (Å²) in [6.07, 6.45) is 7.63. The van der Waals surface area contributed by atoms with Gasteiger partial charge in [-0.3, -0.25) is 9.59 Å². The number of hydrogen-bond acceptors (Lipinski definition) is 5. The van der Waals surface area contributed by atoms with Crippen LogP contribution in [0.3, 0.4) is 0 Å². The van der Waals surface area contributed by atoms with E-state index >= 15 is 0 Å². The van der Waals surface area contributed by atoms with E-state index in [4.69, 9.17) is 0 Å². The molecule has 2 amide bonds. The van der Waals surface area contributed by atoms with Crippen LogP contribution in [0, 0.1) is 0 Å². The fourth-order valence-corrected chi connectivity index (χ4v) is 5.57. The molecule has 0 spiro atoms. The van der Waals surface area contributed by atoms with Crippen LogP contribution in [-0.2, 0) is 19.4 Å². The highest BCUT2D eigenvalue weighted by atomic mass is 32.2. The molecule has 2 aliphatic rings. The fraction of sp³-hybridized carbons (Fsp3) is 0.500. The number of anilines is 1. The number of amides is 2. The van der Waals surface area contributed by atoms with Crippen LogP contribution in [0.4, 0.5) is 5.69 Å². The van der Waals surface area contributed by atoms with Gasteiger partial charge >= 0.3 is 0 Å². The van der Waals surface area contributed by atoms with Crippen LogP contribution in [0.25, 0.3) is 0 Å². The number of hydrogen-bond donors (Lipinski definition) is 2. The fourth-order valence-electron chi connectivity index (χ4n) is 3.41. The summed E-state index contributed by atoms with van der Waals surface area (Å²) >= 11 is 1.38. The molecule has 152 valence electrons. The molecule has 1 aromatic rings. The third-order valence-corrected chi connectivity index (χ3v) is 8.28. The Hall–Kier alpha value is -1.80. The van der Waals surface area contributed by atoms with Gasteiger partial charge in [-0.1, -0.05) is 11.6 Å². The summed E-state index contributed by atoms with van der Waals surface area (Å²) in [5.41, 5.74) is 1.89. The molecule has 28 heavy (non-hydrogen) atoms. The van der Waals surface area contributed by atoms with Crippen molar-refractivity contribution in [1.82, 2.24) is 5.32 Å². The number of nitrogens with one attached hydrogen (secondary N) is 2. The van der Waals surface area contributed by atoms with E-state index < -0.39 is 15.1 Å². The number of sulfone groups is 1. The van der Waals surface area contributed by atoms with Crippen molar-refractivity contribution < 1.29 is 18.0 Å². The number of fused-ring (bicyclic) bond motifs is 1. The molecule has 2 N–H and O–H groups in total. The minimum Gasteiger partial charge on any atom is -0.356 e. The first-order valence-corrected chi connectivity index (χ1v) is 12.1. The third kappa shape index (κ3) is 5.17. The van der Waals surface area contributed by atoms with Crippen molar-refractivity contribution in [2.24, 2.45) is 0 Å². The van der Waals surface area contributed by atoms with Crippen LogP contribution in [0.15, 0.2) is 39.6 Å². The van der Waals surface area contributed by atoms with Crippen LogP contribution in [0.5, 0.6) is 0 Å². The first-order chi connectivity index (χ1) is 13.4. The van der Waals surface area contributed by atoms with Crippen molar-refractivity contribution in [3.8, 4) is 0 Å². The SMILES string of the molecule is CC(CC(=O)NCCC1=CCCCC1)S(=O)(=O)c1ccc2c(c1)NC(=O)CS2. The van der Waals surface area contributed by atoms with Gasteiger partial charge in [0, 0.05) is 17.9 Å². The normalized spacial score (nSPS) is 17.9. The second-order valence-corrected chi connectivity index (χ2v) is 10.6. The van der Waals surface area contributed by atoms with Crippen LogP contribution in [-0.4, -0.2) is 37.8 Å². The number of carbonyl (C=O) groups is 2. The largest absolute Gasteiger partial charge is 0.356 e. The summed E-state index contributed by atoms with van der Waals surface area (Å²) in [5, 5.41) is 4.70. The highest BCUT2D eigenvalue weighted by molar-refractivity contribution is 8.00. The second-order valence-electron chi connectivity index (χ2n) is 7.26. The van der Waals surface area contributed by atoms with E-state index in [1.54, 1.807) is 19.1 Å². The maximum atomic E-state index is 12.8. The number of allylic oxidation sites excluding steroid dienone is 1. The lowest BCUT2D eigenvalue weighted by molar-refractivity contribution is -0.121. The predicted octanol–water partition coefficient (Wildman–Crippen LogP) is 3.29. The van der Waals surface area contributed by atoms with Gasteiger partial charge in [-0.25, -0.2) is 8.42 Å². The zero-order chi connectivity index (χ0) is 20.1. The Bertz CT molecular complexity index is 893. The average Bonchev–Trinajstić information content (AvgIpc) is 2.68.